The zero-order chi connectivity index (χ0) is 15.1. The van der Waals surface area contributed by atoms with Gasteiger partial charge in [-0.25, -0.2) is 0 Å². The van der Waals surface area contributed by atoms with E-state index in [0.717, 1.165) is 0 Å². The van der Waals surface area contributed by atoms with Crippen molar-refractivity contribution in [1.29, 1.82) is 0 Å². The average Bonchev–Trinajstić information content (AvgIpc) is 2.24. The van der Waals surface area contributed by atoms with Crippen LogP contribution in [0.15, 0.2) is 18.3 Å². The second-order valence-corrected chi connectivity index (χ2v) is 7.78. The number of alkyl halides is 1. The number of hydrogen-bond donors (Lipinski definition) is 1. The van der Waals surface area contributed by atoms with Crippen LogP contribution in [0.2, 0.25) is 0 Å². The zero-order valence-corrected chi connectivity index (χ0v) is 17.1. The van der Waals surface area contributed by atoms with Gasteiger partial charge in [0.2, 0.25) is 5.24 Å². The maximum absolute atomic E-state index is 11.8. The van der Waals surface area contributed by atoms with Gasteiger partial charge in [-0.15, -0.1) is 0 Å². The first kappa shape index (κ1) is 18.0. The van der Waals surface area contributed by atoms with Crippen molar-refractivity contribution in [1.82, 2.24) is 0 Å². The normalized spacial score (nSPS) is 27.6. The Morgan fingerprint density at radius 3 is 2.00 bits per heavy atom. The topological polar surface area (TPSA) is 77.2 Å². The monoisotopic (exact) mass is 619 g/mol. The van der Waals surface area contributed by atoms with Crippen molar-refractivity contribution in [2.45, 2.75) is 23.3 Å². The van der Waals surface area contributed by atoms with Crippen molar-refractivity contribution >= 4 is 96.2 Å². The fourth-order valence-corrected chi connectivity index (χ4v) is 7.86. The lowest BCUT2D eigenvalue weighted by Crippen LogP contribution is -2.57. The fourth-order valence-electron chi connectivity index (χ4n) is 1.72. The minimum absolute atomic E-state index is 0.223. The molecule has 0 fully saturated rings. The van der Waals surface area contributed by atoms with E-state index in [0.29, 0.717) is 18.3 Å². The van der Waals surface area contributed by atoms with Gasteiger partial charge in [-0.1, -0.05) is 22.6 Å². The van der Waals surface area contributed by atoms with E-state index in [-0.39, 0.29) is 11.6 Å². The molecule has 104 valence electrons. The number of allylic oxidation sites excluding steroid dienone is 2. The average molecular weight is 619 g/mol. The summed E-state index contributed by atoms with van der Waals surface area (Å²) in [6.07, 6.45) is 0. The van der Waals surface area contributed by atoms with Gasteiger partial charge < -0.3 is 5.73 Å². The SMILES string of the molecule is CC(=O)C1=C(I)C(N)(C(=O)Cl)C(I)C(C(C)=O)=C1I. The minimum Gasteiger partial charge on any atom is -0.313 e. The molecule has 0 aliphatic heterocycles. The van der Waals surface area contributed by atoms with Gasteiger partial charge in [0, 0.05) is 18.3 Å². The number of rotatable bonds is 3. The lowest BCUT2D eigenvalue weighted by atomic mass is 9.82. The van der Waals surface area contributed by atoms with Crippen molar-refractivity contribution < 1.29 is 14.4 Å². The minimum atomic E-state index is -1.54. The van der Waals surface area contributed by atoms with E-state index in [2.05, 4.69) is 0 Å². The van der Waals surface area contributed by atoms with Gasteiger partial charge in [0.25, 0.3) is 0 Å². The van der Waals surface area contributed by atoms with Crippen LogP contribution in [-0.4, -0.2) is 26.3 Å². The van der Waals surface area contributed by atoms with E-state index in [1.807, 2.05) is 67.8 Å². The highest BCUT2D eigenvalue weighted by Crippen LogP contribution is 2.47. The first-order valence-electron chi connectivity index (χ1n) is 5.01. The molecular weight excluding hydrogens is 610 g/mol. The Hall–Kier alpha value is 0.930. The Labute approximate surface area is 156 Å². The Bertz CT molecular complexity index is 555. The summed E-state index contributed by atoms with van der Waals surface area (Å²) in [4.78, 5) is 35.3. The predicted molar refractivity (Wildman–Crippen MR) is 99.0 cm³/mol. The standard InChI is InChI=1S/C11H9ClI3NO3/c1-3(17)5-7(13)6(4(2)18)9(15)11(16,8(5)14)10(12)19/h8H,16H2,1-2H3. The Morgan fingerprint density at radius 2 is 1.68 bits per heavy atom. The summed E-state index contributed by atoms with van der Waals surface area (Å²) in [5.41, 5.74) is 5.23. The predicted octanol–water partition coefficient (Wildman–Crippen LogP) is 2.82. The molecule has 0 bridgehead atoms. The molecule has 0 heterocycles. The van der Waals surface area contributed by atoms with Crippen LogP contribution in [0.3, 0.4) is 0 Å². The van der Waals surface area contributed by atoms with Crippen LogP contribution in [0.25, 0.3) is 0 Å². The van der Waals surface area contributed by atoms with Gasteiger partial charge in [-0.05, 0) is 70.6 Å². The van der Waals surface area contributed by atoms with Gasteiger partial charge >= 0.3 is 0 Å². The first-order chi connectivity index (χ1) is 8.56. The number of ketones is 2. The van der Waals surface area contributed by atoms with Gasteiger partial charge in [0.15, 0.2) is 11.6 Å². The highest BCUT2D eigenvalue weighted by atomic mass is 127. The number of nitrogens with two attached hydrogens (primary N) is 1. The molecule has 0 aromatic heterocycles. The molecule has 8 heteroatoms. The summed E-state index contributed by atoms with van der Waals surface area (Å²) < 4.78 is 0.321. The molecule has 0 spiro atoms. The molecule has 4 nitrogen and oxygen atoms in total. The molecule has 0 saturated carbocycles. The third-order valence-electron chi connectivity index (χ3n) is 2.75. The number of carbonyl (C=O) groups is 3. The van der Waals surface area contributed by atoms with Crippen LogP contribution < -0.4 is 5.73 Å². The third kappa shape index (κ3) is 2.94. The summed E-state index contributed by atoms with van der Waals surface area (Å²) in [6.45, 7) is 2.76. The second-order valence-electron chi connectivity index (χ2n) is 4.03. The van der Waals surface area contributed by atoms with E-state index in [1.54, 1.807) is 0 Å². The Balaban J connectivity index is 3.76. The van der Waals surface area contributed by atoms with Crippen molar-refractivity contribution in [2.24, 2.45) is 5.73 Å². The summed E-state index contributed by atoms with van der Waals surface area (Å²) >= 11 is 11.4. The van der Waals surface area contributed by atoms with Crippen molar-refractivity contribution in [3.8, 4) is 0 Å². The van der Waals surface area contributed by atoms with E-state index in [1.165, 1.54) is 13.8 Å². The van der Waals surface area contributed by atoms with Gasteiger partial charge in [-0.2, -0.15) is 0 Å². The maximum Gasteiger partial charge on any atom is 0.248 e. The molecular formula is C11H9ClI3NO3. The molecule has 2 atom stereocenters. The molecule has 0 aromatic carbocycles. The molecule has 2 N–H and O–H groups in total. The van der Waals surface area contributed by atoms with Crippen LogP contribution in [0.5, 0.6) is 0 Å². The molecule has 0 saturated heterocycles. The summed E-state index contributed by atoms with van der Waals surface area (Å²) in [5.74, 6) is -0.470. The Kier molecular flexibility index (Phi) is 6.02. The highest BCUT2D eigenvalue weighted by Gasteiger charge is 2.51. The van der Waals surface area contributed by atoms with Crippen LogP contribution in [0.1, 0.15) is 13.8 Å². The molecule has 19 heavy (non-hydrogen) atoms. The number of Topliss-reactive ketones (excluding diaryl/α,β-unsaturated/α-hetero) is 2. The van der Waals surface area contributed by atoms with Gasteiger partial charge in [0.1, 0.15) is 5.54 Å². The van der Waals surface area contributed by atoms with E-state index in [4.69, 9.17) is 17.3 Å². The van der Waals surface area contributed by atoms with Crippen LogP contribution in [0.4, 0.5) is 0 Å². The first-order valence-corrected chi connectivity index (χ1v) is 8.79. The largest absolute Gasteiger partial charge is 0.313 e. The highest BCUT2D eigenvalue weighted by molar-refractivity contribution is 14.1. The molecule has 0 radical (unpaired) electrons. The van der Waals surface area contributed by atoms with Gasteiger partial charge in [0.05, 0.1) is 3.92 Å². The van der Waals surface area contributed by atoms with Crippen molar-refractivity contribution in [2.75, 3.05) is 0 Å². The molecule has 2 unspecified atom stereocenters. The summed E-state index contributed by atoms with van der Waals surface area (Å²) in [5, 5.41) is -0.780. The number of carbonyl (C=O) groups excluding carboxylic acids is 3. The van der Waals surface area contributed by atoms with E-state index in [9.17, 15) is 14.4 Å². The lowest BCUT2D eigenvalue weighted by Gasteiger charge is -2.37. The summed E-state index contributed by atoms with van der Waals surface area (Å²) in [7, 11) is 0. The molecule has 1 rings (SSSR count). The van der Waals surface area contributed by atoms with Crippen molar-refractivity contribution in [3.05, 3.63) is 18.3 Å². The fraction of sp³-hybridized carbons (Fsp3) is 0.364. The number of hydrogen-bond acceptors (Lipinski definition) is 4. The van der Waals surface area contributed by atoms with E-state index < -0.39 is 14.7 Å². The van der Waals surface area contributed by atoms with Crippen LogP contribution in [-0.2, 0) is 14.4 Å². The molecule has 1 aliphatic carbocycles. The quantitative estimate of drug-likeness (QED) is 0.300. The Morgan fingerprint density at radius 1 is 1.21 bits per heavy atom. The smallest absolute Gasteiger partial charge is 0.248 e. The van der Waals surface area contributed by atoms with E-state index >= 15 is 0 Å². The third-order valence-corrected chi connectivity index (χ3v) is 7.22. The summed E-state index contributed by atoms with van der Waals surface area (Å²) in [6, 6.07) is 0. The molecule has 0 aromatic rings. The zero-order valence-electron chi connectivity index (χ0n) is 9.89. The van der Waals surface area contributed by atoms with Crippen molar-refractivity contribution in [3.63, 3.8) is 0 Å². The maximum atomic E-state index is 11.8. The second kappa shape index (κ2) is 6.36. The number of halogens is 4. The lowest BCUT2D eigenvalue weighted by molar-refractivity contribution is -0.115. The molecule has 0 amide bonds. The van der Waals surface area contributed by atoms with Crippen LogP contribution >= 0.6 is 79.4 Å². The van der Waals surface area contributed by atoms with Gasteiger partial charge in [-0.3, -0.25) is 14.4 Å². The molecule has 1 aliphatic rings. The van der Waals surface area contributed by atoms with Crippen LogP contribution in [0, 0.1) is 0 Å².